The summed E-state index contributed by atoms with van der Waals surface area (Å²) in [5, 5.41) is 0.841. The van der Waals surface area contributed by atoms with Crippen LogP contribution in [0, 0.1) is 0 Å². The van der Waals surface area contributed by atoms with Crippen LogP contribution in [0.25, 0.3) is 21.8 Å². The van der Waals surface area contributed by atoms with Gasteiger partial charge in [-0.3, -0.25) is 9.59 Å². The first kappa shape index (κ1) is 19.3. The highest BCUT2D eigenvalue weighted by molar-refractivity contribution is 7.17. The quantitative estimate of drug-likeness (QED) is 0.657. The summed E-state index contributed by atoms with van der Waals surface area (Å²) in [6.45, 7) is 4.05. The number of nitrogens with zero attached hydrogens (tertiary/aromatic N) is 3. The summed E-state index contributed by atoms with van der Waals surface area (Å²) in [6, 6.07) is 19.8. The van der Waals surface area contributed by atoms with Crippen LogP contribution in [0.3, 0.4) is 0 Å². The van der Waals surface area contributed by atoms with E-state index in [0.29, 0.717) is 31.1 Å². The van der Waals surface area contributed by atoms with E-state index in [1.54, 1.807) is 6.92 Å². The fourth-order valence-electron chi connectivity index (χ4n) is 3.54. The van der Waals surface area contributed by atoms with Crippen LogP contribution in [0.1, 0.15) is 23.0 Å². The number of hydrogen-bond acceptors (Lipinski definition) is 4. The van der Waals surface area contributed by atoms with Gasteiger partial charge in [-0.2, -0.15) is 0 Å². The van der Waals surface area contributed by atoms with Crippen molar-refractivity contribution in [3.8, 4) is 21.8 Å². The molecular weight excluding hydrogens is 382 g/mol. The largest absolute Gasteiger partial charge is 0.341 e. The van der Waals surface area contributed by atoms with Crippen LogP contribution in [-0.2, 0) is 4.79 Å². The monoisotopic (exact) mass is 405 g/mol. The Kier molecular flexibility index (Phi) is 5.71. The summed E-state index contributed by atoms with van der Waals surface area (Å²) in [7, 11) is 0. The van der Waals surface area contributed by atoms with Crippen molar-refractivity contribution in [2.24, 2.45) is 0 Å². The minimum absolute atomic E-state index is 0.00561. The molecule has 0 unspecified atom stereocenters. The second kappa shape index (κ2) is 8.57. The molecule has 2 aromatic carbocycles. The second-order valence-corrected chi connectivity index (χ2v) is 8.08. The van der Waals surface area contributed by atoms with Crippen LogP contribution in [0.2, 0.25) is 0 Å². The second-order valence-electron chi connectivity index (χ2n) is 7.08. The number of carbonyl (C=O) groups is 2. The van der Waals surface area contributed by atoms with Gasteiger partial charge in [0, 0.05) is 44.2 Å². The molecule has 1 aromatic heterocycles. The van der Waals surface area contributed by atoms with E-state index in [1.165, 1.54) is 11.3 Å². The Morgan fingerprint density at radius 1 is 0.828 bits per heavy atom. The molecule has 1 aliphatic rings. The molecule has 0 saturated carbocycles. The average molecular weight is 406 g/mol. The lowest BCUT2D eigenvalue weighted by Gasteiger charge is -2.21. The molecule has 29 heavy (non-hydrogen) atoms. The van der Waals surface area contributed by atoms with Crippen molar-refractivity contribution in [3.63, 3.8) is 0 Å². The maximum atomic E-state index is 13.5. The molecule has 2 heterocycles. The molecule has 3 aromatic rings. The Morgan fingerprint density at radius 2 is 1.41 bits per heavy atom. The summed E-state index contributed by atoms with van der Waals surface area (Å²) in [5.74, 6) is 0.0577. The van der Waals surface area contributed by atoms with E-state index in [9.17, 15) is 9.59 Å². The van der Waals surface area contributed by atoms with Gasteiger partial charge >= 0.3 is 0 Å². The van der Waals surface area contributed by atoms with Crippen molar-refractivity contribution in [2.45, 2.75) is 13.3 Å². The SMILES string of the molecule is CC(=O)N1CCCN(C(=O)c2sc(-c3ccccc3)nc2-c2ccccc2)CC1. The lowest BCUT2D eigenvalue weighted by atomic mass is 10.1. The molecule has 0 spiro atoms. The molecule has 0 radical (unpaired) electrons. The van der Waals surface area contributed by atoms with E-state index in [0.717, 1.165) is 28.2 Å². The van der Waals surface area contributed by atoms with Gasteiger partial charge in [0.1, 0.15) is 9.88 Å². The van der Waals surface area contributed by atoms with Crippen molar-refractivity contribution in [1.29, 1.82) is 0 Å². The number of thiazole rings is 1. The molecule has 4 rings (SSSR count). The number of aromatic nitrogens is 1. The normalized spacial score (nSPS) is 14.5. The van der Waals surface area contributed by atoms with Gasteiger partial charge in [-0.1, -0.05) is 60.7 Å². The summed E-state index contributed by atoms with van der Waals surface area (Å²) in [5.41, 5.74) is 2.67. The Bertz CT molecular complexity index is 1000. The predicted molar refractivity (Wildman–Crippen MR) is 116 cm³/mol. The minimum atomic E-state index is -0.00561. The highest BCUT2D eigenvalue weighted by Crippen LogP contribution is 2.34. The summed E-state index contributed by atoms with van der Waals surface area (Å²) < 4.78 is 0. The fraction of sp³-hybridized carbons (Fsp3) is 0.261. The van der Waals surface area contributed by atoms with Gasteiger partial charge in [0.2, 0.25) is 5.91 Å². The topological polar surface area (TPSA) is 53.5 Å². The smallest absolute Gasteiger partial charge is 0.266 e. The van der Waals surface area contributed by atoms with Gasteiger partial charge in [-0.15, -0.1) is 11.3 Å². The number of hydrogen-bond donors (Lipinski definition) is 0. The molecule has 0 aliphatic carbocycles. The average Bonchev–Trinajstić information content (AvgIpc) is 3.05. The number of benzene rings is 2. The summed E-state index contributed by atoms with van der Waals surface area (Å²) >= 11 is 1.44. The Morgan fingerprint density at radius 3 is 2.07 bits per heavy atom. The molecule has 5 nitrogen and oxygen atoms in total. The third-order valence-corrected chi connectivity index (χ3v) is 6.21. The number of carbonyl (C=O) groups excluding carboxylic acids is 2. The van der Waals surface area contributed by atoms with Gasteiger partial charge in [0.25, 0.3) is 5.91 Å². The molecule has 1 fully saturated rings. The Balaban J connectivity index is 1.69. The van der Waals surface area contributed by atoms with E-state index in [4.69, 9.17) is 4.98 Å². The van der Waals surface area contributed by atoms with Gasteiger partial charge in [-0.25, -0.2) is 4.98 Å². The van der Waals surface area contributed by atoms with Crippen molar-refractivity contribution in [1.82, 2.24) is 14.8 Å². The maximum absolute atomic E-state index is 13.5. The van der Waals surface area contributed by atoms with Crippen LogP contribution >= 0.6 is 11.3 Å². The lowest BCUT2D eigenvalue weighted by Crippen LogP contribution is -2.36. The van der Waals surface area contributed by atoms with Crippen molar-refractivity contribution < 1.29 is 9.59 Å². The van der Waals surface area contributed by atoms with E-state index >= 15 is 0 Å². The Hall–Kier alpha value is -2.99. The Labute approximate surface area is 174 Å². The van der Waals surface area contributed by atoms with E-state index in [1.807, 2.05) is 70.5 Å². The molecule has 0 N–H and O–H groups in total. The van der Waals surface area contributed by atoms with Crippen molar-refractivity contribution in [2.75, 3.05) is 26.2 Å². The van der Waals surface area contributed by atoms with Gasteiger partial charge < -0.3 is 9.80 Å². The molecule has 0 atom stereocenters. The van der Waals surface area contributed by atoms with Crippen LogP contribution in [0.4, 0.5) is 0 Å². The van der Waals surface area contributed by atoms with Crippen LogP contribution < -0.4 is 0 Å². The maximum Gasteiger partial charge on any atom is 0.266 e. The third-order valence-electron chi connectivity index (χ3n) is 5.12. The first-order valence-electron chi connectivity index (χ1n) is 9.80. The zero-order chi connectivity index (χ0) is 20.2. The van der Waals surface area contributed by atoms with Gasteiger partial charge in [-0.05, 0) is 6.42 Å². The van der Waals surface area contributed by atoms with Crippen LogP contribution in [-0.4, -0.2) is 52.8 Å². The number of rotatable bonds is 3. The molecule has 6 heteroatoms. The highest BCUT2D eigenvalue weighted by Gasteiger charge is 2.26. The standard InChI is InChI=1S/C23H23N3O2S/c1-17(27)25-13-8-14-26(16-15-25)23(28)21-20(18-9-4-2-5-10-18)24-22(29-21)19-11-6-3-7-12-19/h2-7,9-12H,8,13-16H2,1H3. The number of amides is 2. The molecule has 148 valence electrons. The summed E-state index contributed by atoms with van der Waals surface area (Å²) in [4.78, 5) is 34.3. The zero-order valence-corrected chi connectivity index (χ0v) is 17.2. The molecule has 1 aliphatic heterocycles. The first-order valence-corrected chi connectivity index (χ1v) is 10.6. The predicted octanol–water partition coefficient (Wildman–Crippen LogP) is 4.17. The minimum Gasteiger partial charge on any atom is -0.341 e. The lowest BCUT2D eigenvalue weighted by molar-refractivity contribution is -0.128. The zero-order valence-electron chi connectivity index (χ0n) is 16.4. The van der Waals surface area contributed by atoms with E-state index in [-0.39, 0.29) is 11.8 Å². The van der Waals surface area contributed by atoms with Crippen LogP contribution in [0.15, 0.2) is 60.7 Å². The van der Waals surface area contributed by atoms with Crippen molar-refractivity contribution >= 4 is 23.2 Å². The van der Waals surface area contributed by atoms with Crippen molar-refractivity contribution in [3.05, 3.63) is 65.5 Å². The first-order chi connectivity index (χ1) is 14.1. The fourth-order valence-corrected chi connectivity index (χ4v) is 4.60. The third kappa shape index (κ3) is 4.22. The van der Waals surface area contributed by atoms with Gasteiger partial charge in [0.15, 0.2) is 0 Å². The van der Waals surface area contributed by atoms with E-state index in [2.05, 4.69) is 0 Å². The molecular formula is C23H23N3O2S. The summed E-state index contributed by atoms with van der Waals surface area (Å²) in [6.07, 6.45) is 0.788. The molecule has 0 bridgehead atoms. The van der Waals surface area contributed by atoms with Gasteiger partial charge in [0.05, 0.1) is 5.69 Å². The highest BCUT2D eigenvalue weighted by atomic mass is 32.1. The molecule has 2 amide bonds. The van der Waals surface area contributed by atoms with Crippen LogP contribution in [0.5, 0.6) is 0 Å². The molecule has 1 saturated heterocycles. The van der Waals surface area contributed by atoms with E-state index < -0.39 is 0 Å².